The Bertz CT molecular complexity index is 1650. The molecule has 0 aliphatic carbocycles. The highest BCUT2D eigenvalue weighted by Gasteiger charge is 2.51. The number of benzene rings is 3. The Kier molecular flexibility index (Phi) is 11.7. The molecule has 256 valence electrons. The van der Waals surface area contributed by atoms with Crippen LogP contribution < -0.4 is 14.2 Å². The first-order chi connectivity index (χ1) is 23.7. The summed E-state index contributed by atoms with van der Waals surface area (Å²) in [5.41, 5.74) is 0.787. The van der Waals surface area contributed by atoms with E-state index in [9.17, 15) is 24.0 Å². The standard InChI is InChI=1S/C36H34O13/c1-3-31(38)43-19-5-4-18-42-26-12-6-23(7-13-26)34(39)47-28-16-10-25(11-17-28)36(41)49-30-21-45-32-29(20-44-33(30)32)48-35(40)24-8-14-27(15-9-24)46-22(2)37/h3,6-17,29-30,32-33H,1,4-5,18-21H2,2H3/t29-,30+,32?,33?/m1/s1. The Balaban J connectivity index is 1.04. The van der Waals surface area contributed by atoms with Gasteiger partial charge in [0.15, 0.2) is 12.2 Å². The molecule has 49 heavy (non-hydrogen) atoms. The van der Waals surface area contributed by atoms with Crippen molar-refractivity contribution in [1.82, 2.24) is 0 Å². The second-order valence-corrected chi connectivity index (χ2v) is 11.0. The molecule has 2 aliphatic heterocycles. The van der Waals surface area contributed by atoms with Crippen LogP contribution in [0.4, 0.5) is 0 Å². The number of hydrogen-bond acceptors (Lipinski definition) is 13. The highest BCUT2D eigenvalue weighted by molar-refractivity contribution is 5.92. The fourth-order valence-corrected chi connectivity index (χ4v) is 5.01. The minimum absolute atomic E-state index is 0.0545. The lowest BCUT2D eigenvalue weighted by Crippen LogP contribution is -2.36. The molecule has 3 aromatic rings. The summed E-state index contributed by atoms with van der Waals surface area (Å²) in [5.74, 6) is -1.65. The van der Waals surface area contributed by atoms with E-state index < -0.39 is 54.3 Å². The molecule has 0 spiro atoms. The summed E-state index contributed by atoms with van der Waals surface area (Å²) in [7, 11) is 0. The molecule has 13 nitrogen and oxygen atoms in total. The van der Waals surface area contributed by atoms with E-state index in [1.165, 1.54) is 55.5 Å². The largest absolute Gasteiger partial charge is 0.494 e. The van der Waals surface area contributed by atoms with Crippen molar-refractivity contribution in [1.29, 1.82) is 0 Å². The lowest BCUT2D eigenvalue weighted by Gasteiger charge is -2.17. The van der Waals surface area contributed by atoms with Crippen molar-refractivity contribution in [3.63, 3.8) is 0 Å². The van der Waals surface area contributed by atoms with Crippen LogP contribution in [0.3, 0.4) is 0 Å². The van der Waals surface area contributed by atoms with Crippen molar-refractivity contribution in [3.05, 3.63) is 102 Å². The van der Waals surface area contributed by atoms with Gasteiger partial charge < -0.3 is 37.9 Å². The third kappa shape index (κ3) is 9.52. The van der Waals surface area contributed by atoms with Crippen LogP contribution in [0.25, 0.3) is 0 Å². The van der Waals surface area contributed by atoms with E-state index in [1.807, 2.05) is 0 Å². The van der Waals surface area contributed by atoms with Crippen molar-refractivity contribution < 1.29 is 61.9 Å². The number of hydrogen-bond donors (Lipinski definition) is 0. The van der Waals surface area contributed by atoms with E-state index in [2.05, 4.69) is 6.58 Å². The fourth-order valence-electron chi connectivity index (χ4n) is 5.01. The van der Waals surface area contributed by atoms with Crippen LogP contribution in [0.5, 0.6) is 17.2 Å². The minimum Gasteiger partial charge on any atom is -0.494 e. The van der Waals surface area contributed by atoms with Crippen molar-refractivity contribution >= 4 is 29.8 Å². The van der Waals surface area contributed by atoms with Crippen LogP contribution in [-0.2, 0) is 33.3 Å². The number of esters is 5. The predicted octanol–water partition coefficient (Wildman–Crippen LogP) is 4.27. The molecule has 2 aliphatic rings. The summed E-state index contributed by atoms with van der Waals surface area (Å²) in [5, 5.41) is 0. The summed E-state index contributed by atoms with van der Waals surface area (Å²) in [6, 6.07) is 18.3. The predicted molar refractivity (Wildman–Crippen MR) is 169 cm³/mol. The van der Waals surface area contributed by atoms with Gasteiger partial charge in [-0.05, 0) is 85.6 Å². The monoisotopic (exact) mass is 674 g/mol. The van der Waals surface area contributed by atoms with E-state index in [4.69, 9.17) is 37.9 Å². The second kappa shape index (κ2) is 16.5. The Morgan fingerprint density at radius 1 is 0.653 bits per heavy atom. The van der Waals surface area contributed by atoms with Gasteiger partial charge >= 0.3 is 29.8 Å². The van der Waals surface area contributed by atoms with Gasteiger partial charge in [-0.2, -0.15) is 0 Å². The minimum atomic E-state index is -0.726. The number of rotatable bonds is 14. The Morgan fingerprint density at radius 2 is 1.10 bits per heavy atom. The molecule has 0 saturated carbocycles. The number of ether oxygens (including phenoxy) is 8. The smallest absolute Gasteiger partial charge is 0.343 e. The molecular weight excluding hydrogens is 640 g/mol. The Hall–Kier alpha value is -5.53. The number of carbonyl (C=O) groups is 5. The molecule has 0 aromatic heterocycles. The number of fused-ring (bicyclic) bond motifs is 1. The third-order valence-electron chi connectivity index (χ3n) is 7.44. The molecule has 3 aromatic carbocycles. The molecule has 2 heterocycles. The molecular formula is C36H34O13. The molecule has 4 atom stereocenters. The highest BCUT2D eigenvalue weighted by atomic mass is 16.7. The van der Waals surface area contributed by atoms with Crippen molar-refractivity contribution in [2.45, 2.75) is 44.2 Å². The van der Waals surface area contributed by atoms with E-state index in [0.29, 0.717) is 36.5 Å². The van der Waals surface area contributed by atoms with Gasteiger partial charge in [0.05, 0.1) is 43.1 Å². The summed E-state index contributed by atoms with van der Waals surface area (Å²) in [6.07, 6.45) is -0.248. The maximum atomic E-state index is 12.9. The van der Waals surface area contributed by atoms with Gasteiger partial charge in [-0.25, -0.2) is 19.2 Å². The van der Waals surface area contributed by atoms with Gasteiger partial charge in [-0.1, -0.05) is 6.58 Å². The van der Waals surface area contributed by atoms with Gasteiger partial charge in [0.25, 0.3) is 0 Å². The quantitative estimate of drug-likeness (QED) is 0.0785. The van der Waals surface area contributed by atoms with Crippen molar-refractivity contribution in [2.24, 2.45) is 0 Å². The maximum absolute atomic E-state index is 12.9. The van der Waals surface area contributed by atoms with E-state index in [1.54, 1.807) is 24.3 Å². The van der Waals surface area contributed by atoms with Gasteiger partial charge in [-0.3, -0.25) is 4.79 Å². The Morgan fingerprint density at radius 3 is 1.59 bits per heavy atom. The zero-order valence-electron chi connectivity index (χ0n) is 26.6. The zero-order valence-corrected chi connectivity index (χ0v) is 26.6. The number of carbonyl (C=O) groups excluding carboxylic acids is 5. The van der Waals surface area contributed by atoms with Crippen LogP contribution in [0, 0.1) is 0 Å². The van der Waals surface area contributed by atoms with E-state index in [0.717, 1.165) is 6.08 Å². The van der Waals surface area contributed by atoms with Crippen molar-refractivity contribution in [3.8, 4) is 17.2 Å². The average molecular weight is 675 g/mol. The summed E-state index contributed by atoms with van der Waals surface area (Å²) in [6.45, 7) is 5.44. The lowest BCUT2D eigenvalue weighted by atomic mass is 10.1. The SMILES string of the molecule is C=CC(=O)OCCCCOc1ccc(C(=O)Oc2ccc(C(=O)O[C@H]3COC4C3OC[C@H]4OC(=O)c3ccc(OC(C)=O)cc3)cc2)cc1. The second-order valence-electron chi connectivity index (χ2n) is 11.0. The first kappa shape index (κ1) is 34.8. The van der Waals surface area contributed by atoms with E-state index in [-0.39, 0.29) is 36.7 Å². The summed E-state index contributed by atoms with van der Waals surface area (Å²) in [4.78, 5) is 60.3. The van der Waals surface area contributed by atoms with Gasteiger partial charge in [-0.15, -0.1) is 0 Å². The zero-order chi connectivity index (χ0) is 34.8. The molecule has 2 saturated heterocycles. The van der Waals surface area contributed by atoms with Crippen LogP contribution in [0.1, 0.15) is 50.8 Å². The molecule has 2 fully saturated rings. The Labute approximate surface area is 281 Å². The first-order valence-corrected chi connectivity index (χ1v) is 15.5. The van der Waals surface area contributed by atoms with E-state index >= 15 is 0 Å². The fraction of sp³-hybridized carbons (Fsp3) is 0.306. The molecule has 0 N–H and O–H groups in total. The summed E-state index contributed by atoms with van der Waals surface area (Å²) < 4.78 is 43.7. The van der Waals surface area contributed by atoms with Gasteiger partial charge in [0.2, 0.25) is 0 Å². The lowest BCUT2D eigenvalue weighted by molar-refractivity contribution is -0.138. The van der Waals surface area contributed by atoms with Crippen LogP contribution in [0.15, 0.2) is 85.5 Å². The van der Waals surface area contributed by atoms with Crippen LogP contribution in [0.2, 0.25) is 0 Å². The topological polar surface area (TPSA) is 159 Å². The summed E-state index contributed by atoms with van der Waals surface area (Å²) >= 11 is 0. The molecule has 0 bridgehead atoms. The molecule has 0 radical (unpaired) electrons. The van der Waals surface area contributed by atoms with Gasteiger partial charge in [0, 0.05) is 13.0 Å². The molecule has 13 heteroatoms. The average Bonchev–Trinajstić information content (AvgIpc) is 3.69. The highest BCUT2D eigenvalue weighted by Crippen LogP contribution is 2.32. The molecule has 5 rings (SSSR count). The third-order valence-corrected chi connectivity index (χ3v) is 7.44. The number of unbranched alkanes of at least 4 members (excludes halogenated alkanes) is 1. The molecule has 2 unspecified atom stereocenters. The maximum Gasteiger partial charge on any atom is 0.343 e. The normalized spacial score (nSPS) is 19.2. The van der Waals surface area contributed by atoms with Crippen LogP contribution >= 0.6 is 0 Å². The van der Waals surface area contributed by atoms with Gasteiger partial charge in [0.1, 0.15) is 29.5 Å². The van der Waals surface area contributed by atoms with Crippen molar-refractivity contribution in [2.75, 3.05) is 26.4 Å². The van der Waals surface area contributed by atoms with Crippen LogP contribution in [-0.4, -0.2) is 80.7 Å². The first-order valence-electron chi connectivity index (χ1n) is 15.5. The molecule has 0 amide bonds.